The second-order valence-corrected chi connectivity index (χ2v) is 8.27. The van der Waals surface area contributed by atoms with Gasteiger partial charge in [0.25, 0.3) is 0 Å². The van der Waals surface area contributed by atoms with Gasteiger partial charge in [0.05, 0.1) is 34.5 Å². The summed E-state index contributed by atoms with van der Waals surface area (Å²) in [5.74, 6) is -1.44. The predicted molar refractivity (Wildman–Crippen MR) is 110 cm³/mol. The van der Waals surface area contributed by atoms with Crippen molar-refractivity contribution in [2.45, 2.75) is 18.4 Å². The highest BCUT2D eigenvalue weighted by molar-refractivity contribution is 7.89. The number of halogens is 1. The van der Waals surface area contributed by atoms with E-state index in [0.717, 1.165) is 11.5 Å². The van der Waals surface area contributed by atoms with Gasteiger partial charge >= 0.3 is 11.9 Å². The van der Waals surface area contributed by atoms with Gasteiger partial charge in [0, 0.05) is 5.39 Å². The van der Waals surface area contributed by atoms with Gasteiger partial charge in [-0.1, -0.05) is 29.8 Å². The molecule has 30 heavy (non-hydrogen) atoms. The Bertz CT molecular complexity index is 1270. The fourth-order valence-corrected chi connectivity index (χ4v) is 4.05. The lowest BCUT2D eigenvalue weighted by Gasteiger charge is -2.13. The minimum Gasteiger partial charge on any atom is -0.465 e. The number of carbonyl (C=O) groups is 2. The number of para-hydroxylation sites is 1. The summed E-state index contributed by atoms with van der Waals surface area (Å²) in [7, 11) is -2.88. The summed E-state index contributed by atoms with van der Waals surface area (Å²) in [6.45, 7) is 1.42. The second-order valence-electron chi connectivity index (χ2n) is 6.33. The third-order valence-corrected chi connectivity index (χ3v) is 5.82. The Labute approximate surface area is 177 Å². The van der Waals surface area contributed by atoms with Crippen LogP contribution in [0.5, 0.6) is 0 Å². The first-order valence-electron chi connectivity index (χ1n) is 8.59. The molecule has 3 aromatic rings. The minimum absolute atomic E-state index is 0.0689. The van der Waals surface area contributed by atoms with Crippen molar-refractivity contribution in [1.29, 1.82) is 0 Å². The van der Waals surface area contributed by atoms with E-state index in [9.17, 15) is 18.0 Å². The summed E-state index contributed by atoms with van der Waals surface area (Å²) in [6, 6.07) is 10.8. The molecule has 0 unspecified atom stereocenters. The molecule has 2 aromatic carbocycles. The fourth-order valence-electron chi connectivity index (χ4n) is 2.98. The van der Waals surface area contributed by atoms with Crippen LogP contribution in [-0.2, 0) is 26.1 Å². The number of methoxy groups -OCH3 is 1. The van der Waals surface area contributed by atoms with E-state index in [1.165, 1.54) is 19.2 Å². The molecule has 8 nitrogen and oxygen atoms in total. The number of rotatable bonds is 5. The number of sulfonamides is 1. The first-order valence-corrected chi connectivity index (χ1v) is 10.5. The van der Waals surface area contributed by atoms with Gasteiger partial charge in [0.2, 0.25) is 10.0 Å². The third kappa shape index (κ3) is 4.28. The quantitative estimate of drug-likeness (QED) is 0.594. The van der Waals surface area contributed by atoms with Gasteiger partial charge in [0.15, 0.2) is 0 Å². The van der Waals surface area contributed by atoms with Crippen LogP contribution in [0.1, 0.15) is 32.0 Å². The SMILES string of the molecule is COC(=O)c1c(COC(=O)c2ccc(Cl)c(S(N)(=O)=O)c2)nc2ccccc2c1C. The molecule has 0 radical (unpaired) electrons. The van der Waals surface area contributed by atoms with E-state index < -0.39 is 26.9 Å². The predicted octanol–water partition coefficient (Wildman–Crippen LogP) is 2.99. The van der Waals surface area contributed by atoms with Crippen molar-refractivity contribution in [2.24, 2.45) is 5.14 Å². The fraction of sp³-hybridized carbons (Fsp3) is 0.150. The van der Waals surface area contributed by atoms with E-state index in [2.05, 4.69) is 4.98 Å². The molecular formula is C20H17ClN2O6S. The number of pyridine rings is 1. The maximum atomic E-state index is 12.5. The average Bonchev–Trinajstić information content (AvgIpc) is 2.71. The van der Waals surface area contributed by atoms with Crippen molar-refractivity contribution in [2.75, 3.05) is 7.11 Å². The van der Waals surface area contributed by atoms with Crippen LogP contribution in [0.25, 0.3) is 10.9 Å². The van der Waals surface area contributed by atoms with Crippen LogP contribution in [0, 0.1) is 6.92 Å². The van der Waals surface area contributed by atoms with Crippen LogP contribution in [-0.4, -0.2) is 32.5 Å². The molecule has 0 bridgehead atoms. The van der Waals surface area contributed by atoms with Crippen LogP contribution in [0.15, 0.2) is 47.4 Å². The van der Waals surface area contributed by atoms with Gasteiger partial charge < -0.3 is 9.47 Å². The van der Waals surface area contributed by atoms with Gasteiger partial charge in [-0.2, -0.15) is 0 Å². The van der Waals surface area contributed by atoms with Crippen LogP contribution >= 0.6 is 11.6 Å². The van der Waals surface area contributed by atoms with Crippen LogP contribution in [0.2, 0.25) is 5.02 Å². The molecule has 10 heteroatoms. The normalized spacial score (nSPS) is 11.3. The van der Waals surface area contributed by atoms with Gasteiger partial charge in [-0.3, -0.25) is 0 Å². The summed E-state index contributed by atoms with van der Waals surface area (Å²) >= 11 is 5.83. The molecule has 1 aromatic heterocycles. The summed E-state index contributed by atoms with van der Waals surface area (Å²) in [6.07, 6.45) is 0. The van der Waals surface area contributed by atoms with Gasteiger partial charge in [-0.15, -0.1) is 0 Å². The Hall–Kier alpha value is -3.01. The summed E-state index contributed by atoms with van der Waals surface area (Å²) < 4.78 is 33.3. The smallest absolute Gasteiger partial charge is 0.340 e. The number of nitrogens with two attached hydrogens (primary N) is 1. The highest BCUT2D eigenvalue weighted by Crippen LogP contribution is 2.25. The Morgan fingerprint density at radius 3 is 2.50 bits per heavy atom. The zero-order valence-corrected chi connectivity index (χ0v) is 17.6. The van der Waals surface area contributed by atoms with Gasteiger partial charge in [-0.25, -0.2) is 28.1 Å². The van der Waals surface area contributed by atoms with E-state index in [4.69, 9.17) is 26.2 Å². The molecule has 0 spiro atoms. The third-order valence-electron chi connectivity index (χ3n) is 4.43. The number of hydrogen-bond donors (Lipinski definition) is 1. The summed E-state index contributed by atoms with van der Waals surface area (Å²) in [5.41, 5.74) is 1.61. The van der Waals surface area contributed by atoms with E-state index in [1.54, 1.807) is 19.1 Å². The summed E-state index contributed by atoms with van der Waals surface area (Å²) in [5, 5.41) is 5.75. The van der Waals surface area contributed by atoms with Crippen molar-refractivity contribution >= 4 is 44.5 Å². The van der Waals surface area contributed by atoms with E-state index in [-0.39, 0.29) is 28.5 Å². The standard InChI is InChI=1S/C20H17ClN2O6S/c1-11-13-5-3-4-6-15(13)23-16(18(11)20(25)28-2)10-29-19(24)12-7-8-14(21)17(9-12)30(22,26)27/h3-9H,10H2,1-2H3,(H2,22,26,27). The number of aromatic nitrogens is 1. The Morgan fingerprint density at radius 1 is 1.13 bits per heavy atom. The molecular weight excluding hydrogens is 432 g/mol. The Morgan fingerprint density at radius 2 is 1.83 bits per heavy atom. The molecule has 156 valence electrons. The number of carbonyl (C=O) groups excluding carboxylic acids is 2. The highest BCUT2D eigenvalue weighted by atomic mass is 35.5. The lowest BCUT2D eigenvalue weighted by atomic mass is 10.0. The zero-order chi connectivity index (χ0) is 22.1. The largest absolute Gasteiger partial charge is 0.465 e. The number of benzene rings is 2. The number of esters is 2. The molecule has 0 aliphatic heterocycles. The summed E-state index contributed by atoms with van der Waals surface area (Å²) in [4.78, 5) is 28.8. The molecule has 0 atom stereocenters. The first kappa shape index (κ1) is 21.7. The van der Waals surface area contributed by atoms with Gasteiger partial charge in [0.1, 0.15) is 11.5 Å². The van der Waals surface area contributed by atoms with Crippen molar-refractivity contribution < 1.29 is 27.5 Å². The van der Waals surface area contributed by atoms with E-state index >= 15 is 0 Å². The number of primary sulfonamides is 1. The molecule has 0 amide bonds. The maximum Gasteiger partial charge on any atom is 0.340 e. The van der Waals surface area contributed by atoms with Crippen LogP contribution < -0.4 is 5.14 Å². The van der Waals surface area contributed by atoms with Crippen molar-refractivity contribution in [1.82, 2.24) is 4.98 Å². The Balaban J connectivity index is 1.96. The molecule has 0 saturated carbocycles. The minimum atomic E-state index is -4.12. The number of ether oxygens (including phenoxy) is 2. The first-order chi connectivity index (χ1) is 14.1. The number of hydrogen-bond acceptors (Lipinski definition) is 7. The molecule has 0 aliphatic rings. The highest BCUT2D eigenvalue weighted by Gasteiger charge is 2.22. The van der Waals surface area contributed by atoms with Crippen molar-refractivity contribution in [3.8, 4) is 0 Å². The molecule has 3 rings (SSSR count). The number of nitrogens with zero attached hydrogens (tertiary/aromatic N) is 1. The van der Waals surface area contributed by atoms with Crippen LogP contribution in [0.3, 0.4) is 0 Å². The van der Waals surface area contributed by atoms with Crippen LogP contribution in [0.4, 0.5) is 0 Å². The average molecular weight is 449 g/mol. The molecule has 0 saturated heterocycles. The molecule has 0 fully saturated rings. The van der Waals surface area contributed by atoms with E-state index in [0.29, 0.717) is 11.1 Å². The lowest BCUT2D eigenvalue weighted by Crippen LogP contribution is -2.16. The second kappa shape index (κ2) is 8.39. The lowest BCUT2D eigenvalue weighted by molar-refractivity contribution is 0.0455. The Kier molecular flexibility index (Phi) is 6.06. The monoisotopic (exact) mass is 448 g/mol. The van der Waals surface area contributed by atoms with Crippen molar-refractivity contribution in [3.63, 3.8) is 0 Å². The van der Waals surface area contributed by atoms with Crippen molar-refractivity contribution in [3.05, 3.63) is 69.9 Å². The van der Waals surface area contributed by atoms with E-state index in [1.807, 2.05) is 12.1 Å². The zero-order valence-electron chi connectivity index (χ0n) is 16.0. The molecule has 1 heterocycles. The number of aryl methyl sites for hydroxylation is 1. The number of fused-ring (bicyclic) bond motifs is 1. The maximum absolute atomic E-state index is 12.5. The topological polar surface area (TPSA) is 126 Å². The molecule has 2 N–H and O–H groups in total. The van der Waals surface area contributed by atoms with Gasteiger partial charge in [-0.05, 0) is 36.8 Å². The molecule has 0 aliphatic carbocycles.